The summed E-state index contributed by atoms with van der Waals surface area (Å²) in [6, 6.07) is 6.96. The Labute approximate surface area is 186 Å². The standard InChI is InChI=1S/C21H21F3N4O3S/c22-21(23,24)14-2-3-16-15(9-14)27-20(30)17(32-16)10-19(29)26-12-13-1-4-18(25-11-13)28-5-7-31-8-6-28/h1-4,9,11,17H,5-8,10,12H2,(H,26,29)(H,27,30). The average molecular weight is 466 g/mol. The predicted octanol–water partition coefficient (Wildman–Crippen LogP) is 3.06. The Kier molecular flexibility index (Phi) is 6.56. The van der Waals surface area contributed by atoms with Crippen LogP contribution in [0.5, 0.6) is 0 Å². The number of thioether (sulfide) groups is 1. The van der Waals surface area contributed by atoms with E-state index in [2.05, 4.69) is 20.5 Å². The van der Waals surface area contributed by atoms with Gasteiger partial charge in [0.05, 0.1) is 29.7 Å². The number of nitrogens with zero attached hydrogens (tertiary/aromatic N) is 2. The van der Waals surface area contributed by atoms with Crippen LogP contribution in [0.2, 0.25) is 0 Å². The molecule has 1 fully saturated rings. The number of amides is 2. The summed E-state index contributed by atoms with van der Waals surface area (Å²) in [5.74, 6) is 0.0322. The van der Waals surface area contributed by atoms with E-state index in [0.717, 1.165) is 48.4 Å². The molecule has 0 spiro atoms. The predicted molar refractivity (Wildman–Crippen MR) is 113 cm³/mol. The van der Waals surface area contributed by atoms with Crippen molar-refractivity contribution in [3.05, 3.63) is 47.7 Å². The van der Waals surface area contributed by atoms with E-state index in [4.69, 9.17) is 4.74 Å². The van der Waals surface area contributed by atoms with Crippen LogP contribution in [-0.4, -0.2) is 48.4 Å². The number of benzene rings is 1. The zero-order valence-corrected chi connectivity index (χ0v) is 17.8. The van der Waals surface area contributed by atoms with E-state index in [9.17, 15) is 22.8 Å². The van der Waals surface area contributed by atoms with Gasteiger partial charge in [-0.2, -0.15) is 13.2 Å². The molecular formula is C21H21F3N4O3S. The number of nitrogens with one attached hydrogen (secondary N) is 2. The van der Waals surface area contributed by atoms with Crippen molar-refractivity contribution < 1.29 is 27.5 Å². The van der Waals surface area contributed by atoms with Gasteiger partial charge in [-0.05, 0) is 29.8 Å². The molecule has 11 heteroatoms. The first-order chi connectivity index (χ1) is 15.3. The van der Waals surface area contributed by atoms with Gasteiger partial charge >= 0.3 is 6.18 Å². The summed E-state index contributed by atoms with van der Waals surface area (Å²) in [7, 11) is 0. The van der Waals surface area contributed by atoms with Gasteiger partial charge in [-0.15, -0.1) is 11.8 Å². The number of alkyl halides is 3. The summed E-state index contributed by atoms with van der Waals surface area (Å²) in [6.07, 6.45) is -2.88. The third kappa shape index (κ3) is 5.33. The summed E-state index contributed by atoms with van der Waals surface area (Å²) >= 11 is 1.08. The maximum Gasteiger partial charge on any atom is 0.416 e. The normalized spacial score (nSPS) is 18.7. The van der Waals surface area contributed by atoms with Gasteiger partial charge < -0.3 is 20.3 Å². The number of morpholine rings is 1. The van der Waals surface area contributed by atoms with E-state index in [1.807, 2.05) is 12.1 Å². The third-order valence-corrected chi connectivity index (χ3v) is 6.41. The molecule has 170 valence electrons. The Morgan fingerprint density at radius 2 is 2.03 bits per heavy atom. The summed E-state index contributed by atoms with van der Waals surface area (Å²) in [4.78, 5) is 31.7. The SMILES string of the molecule is O=C(CC1Sc2ccc(C(F)(F)F)cc2NC1=O)NCc1ccc(N2CCOCC2)nc1. The number of rotatable bonds is 5. The van der Waals surface area contributed by atoms with Crippen LogP contribution in [0.25, 0.3) is 0 Å². The maximum absolute atomic E-state index is 12.9. The average Bonchev–Trinajstić information content (AvgIpc) is 2.78. The van der Waals surface area contributed by atoms with Crippen molar-refractivity contribution in [3.8, 4) is 0 Å². The number of fused-ring (bicyclic) bond motifs is 1. The number of aromatic nitrogens is 1. The van der Waals surface area contributed by atoms with E-state index >= 15 is 0 Å². The van der Waals surface area contributed by atoms with Crippen molar-refractivity contribution in [2.75, 3.05) is 36.5 Å². The van der Waals surface area contributed by atoms with Gasteiger partial charge in [0.25, 0.3) is 0 Å². The minimum Gasteiger partial charge on any atom is -0.378 e. The van der Waals surface area contributed by atoms with Gasteiger partial charge in [0, 0.05) is 37.1 Å². The van der Waals surface area contributed by atoms with Gasteiger partial charge in [-0.3, -0.25) is 9.59 Å². The summed E-state index contributed by atoms with van der Waals surface area (Å²) < 4.78 is 43.9. The smallest absolute Gasteiger partial charge is 0.378 e. The summed E-state index contributed by atoms with van der Waals surface area (Å²) in [5, 5.41) is 4.52. The topological polar surface area (TPSA) is 83.6 Å². The van der Waals surface area contributed by atoms with E-state index in [0.29, 0.717) is 18.1 Å². The number of hydrogen-bond donors (Lipinski definition) is 2. The Bertz CT molecular complexity index is 995. The molecule has 1 unspecified atom stereocenters. The number of anilines is 2. The van der Waals surface area contributed by atoms with Crippen LogP contribution in [0.15, 0.2) is 41.4 Å². The second kappa shape index (κ2) is 9.37. The molecule has 2 N–H and O–H groups in total. The third-order valence-electron chi connectivity index (χ3n) is 5.13. The van der Waals surface area contributed by atoms with Crippen LogP contribution in [-0.2, 0) is 27.0 Å². The number of carbonyl (C=O) groups is 2. The van der Waals surface area contributed by atoms with E-state index in [-0.39, 0.29) is 24.6 Å². The van der Waals surface area contributed by atoms with Crippen LogP contribution in [0.1, 0.15) is 17.5 Å². The molecule has 0 aliphatic carbocycles. The molecule has 0 radical (unpaired) electrons. The van der Waals surface area contributed by atoms with Gasteiger partial charge in [0.1, 0.15) is 5.82 Å². The molecule has 3 heterocycles. The second-order valence-corrected chi connectivity index (χ2v) is 8.65. The highest BCUT2D eigenvalue weighted by atomic mass is 32.2. The largest absolute Gasteiger partial charge is 0.416 e. The number of carbonyl (C=O) groups excluding carboxylic acids is 2. The molecule has 2 aliphatic heterocycles. The minimum atomic E-state index is -4.49. The first kappa shape index (κ1) is 22.4. The molecule has 2 aromatic rings. The molecule has 1 aromatic carbocycles. The number of ether oxygens (including phenoxy) is 1. The molecule has 0 bridgehead atoms. The minimum absolute atomic E-state index is 0.0871. The quantitative estimate of drug-likeness (QED) is 0.705. The van der Waals surface area contributed by atoms with Gasteiger partial charge in [0.2, 0.25) is 11.8 Å². The fourth-order valence-corrected chi connectivity index (χ4v) is 4.49. The van der Waals surface area contributed by atoms with Crippen LogP contribution in [0.3, 0.4) is 0 Å². The number of pyridine rings is 1. The molecular weight excluding hydrogens is 445 g/mol. The molecule has 32 heavy (non-hydrogen) atoms. The maximum atomic E-state index is 12.9. The van der Waals surface area contributed by atoms with Gasteiger partial charge in [-0.25, -0.2) is 4.98 Å². The Balaban J connectivity index is 1.30. The van der Waals surface area contributed by atoms with Crippen LogP contribution >= 0.6 is 11.8 Å². The van der Waals surface area contributed by atoms with Crippen molar-refractivity contribution >= 4 is 35.1 Å². The molecule has 7 nitrogen and oxygen atoms in total. The first-order valence-corrected chi connectivity index (χ1v) is 10.9. The molecule has 1 aromatic heterocycles. The van der Waals surface area contributed by atoms with Crippen molar-refractivity contribution in [1.82, 2.24) is 10.3 Å². The lowest BCUT2D eigenvalue weighted by Crippen LogP contribution is -2.36. The Morgan fingerprint density at radius 3 is 2.72 bits per heavy atom. The highest BCUT2D eigenvalue weighted by molar-refractivity contribution is 8.01. The zero-order chi connectivity index (χ0) is 22.7. The lowest BCUT2D eigenvalue weighted by Gasteiger charge is -2.27. The highest BCUT2D eigenvalue weighted by Crippen LogP contribution is 2.40. The number of halogens is 3. The summed E-state index contributed by atoms with van der Waals surface area (Å²) in [6.45, 7) is 3.16. The van der Waals surface area contributed by atoms with Crippen molar-refractivity contribution in [1.29, 1.82) is 0 Å². The zero-order valence-electron chi connectivity index (χ0n) is 16.9. The second-order valence-electron chi connectivity index (χ2n) is 7.41. The van der Waals surface area contributed by atoms with Crippen molar-refractivity contribution in [2.45, 2.75) is 29.3 Å². The fourth-order valence-electron chi connectivity index (χ4n) is 3.40. The van der Waals surface area contributed by atoms with E-state index < -0.39 is 22.9 Å². The molecule has 1 atom stereocenters. The van der Waals surface area contributed by atoms with E-state index in [1.54, 1.807) is 6.20 Å². The van der Waals surface area contributed by atoms with Crippen LogP contribution in [0.4, 0.5) is 24.7 Å². The van der Waals surface area contributed by atoms with Crippen molar-refractivity contribution in [2.24, 2.45) is 0 Å². The monoisotopic (exact) mass is 466 g/mol. The van der Waals surface area contributed by atoms with Crippen molar-refractivity contribution in [3.63, 3.8) is 0 Å². The van der Waals surface area contributed by atoms with Gasteiger partial charge in [0.15, 0.2) is 0 Å². The fraction of sp³-hybridized carbons (Fsp3) is 0.381. The molecule has 0 saturated carbocycles. The molecule has 4 rings (SSSR count). The first-order valence-electron chi connectivity index (χ1n) is 10.0. The summed E-state index contributed by atoms with van der Waals surface area (Å²) in [5.41, 5.74) is 0.0978. The molecule has 2 amide bonds. The Hall–Kier alpha value is -2.79. The highest BCUT2D eigenvalue weighted by Gasteiger charge is 2.34. The lowest BCUT2D eigenvalue weighted by atomic mass is 10.1. The number of hydrogen-bond acceptors (Lipinski definition) is 6. The molecule has 1 saturated heterocycles. The van der Waals surface area contributed by atoms with Crippen LogP contribution in [0, 0.1) is 0 Å². The Morgan fingerprint density at radius 1 is 1.25 bits per heavy atom. The van der Waals surface area contributed by atoms with Gasteiger partial charge in [-0.1, -0.05) is 6.07 Å². The molecule has 2 aliphatic rings. The van der Waals surface area contributed by atoms with E-state index in [1.165, 1.54) is 6.07 Å². The van der Waals surface area contributed by atoms with Crippen LogP contribution < -0.4 is 15.5 Å². The lowest BCUT2D eigenvalue weighted by molar-refractivity contribution is -0.137.